The largest absolute Gasteiger partial charge is 0.389 e. The Labute approximate surface area is 93.3 Å². The Morgan fingerprint density at radius 1 is 1.44 bits per heavy atom. The van der Waals surface area contributed by atoms with E-state index in [1.165, 1.54) is 0 Å². The first kappa shape index (κ1) is 11.8. The van der Waals surface area contributed by atoms with E-state index in [-0.39, 0.29) is 6.42 Å². The normalized spacial score (nSPS) is 42.7. The van der Waals surface area contributed by atoms with Crippen molar-refractivity contribution in [1.29, 1.82) is 5.26 Å². The van der Waals surface area contributed by atoms with Crippen LogP contribution in [0.3, 0.4) is 0 Å². The molecule has 2 aliphatic heterocycles. The molecule has 16 heavy (non-hydrogen) atoms. The number of ether oxygens (including phenoxy) is 3. The highest BCUT2D eigenvalue weighted by atomic mass is 16.8. The Morgan fingerprint density at radius 2 is 2.12 bits per heavy atom. The zero-order chi connectivity index (χ0) is 11.9. The second-order valence-electron chi connectivity index (χ2n) is 4.49. The lowest BCUT2D eigenvalue weighted by Gasteiger charge is -2.24. The van der Waals surface area contributed by atoms with Crippen LogP contribution in [0.15, 0.2) is 0 Å². The SMILES string of the molecule is CC1(C)O[C@@H]2O[C@H]([C@H](O)CC#N)[C@H](O)[C@@H]2O1. The summed E-state index contributed by atoms with van der Waals surface area (Å²) in [4.78, 5) is 0. The van der Waals surface area contributed by atoms with E-state index in [0.29, 0.717) is 0 Å². The molecule has 6 heteroatoms. The summed E-state index contributed by atoms with van der Waals surface area (Å²) in [5.41, 5.74) is 0. The van der Waals surface area contributed by atoms with Crippen LogP contribution in [0, 0.1) is 11.3 Å². The van der Waals surface area contributed by atoms with E-state index in [2.05, 4.69) is 0 Å². The van der Waals surface area contributed by atoms with Crippen molar-refractivity contribution in [1.82, 2.24) is 0 Å². The van der Waals surface area contributed by atoms with Crippen LogP contribution in [-0.4, -0.2) is 46.7 Å². The van der Waals surface area contributed by atoms with Crippen LogP contribution < -0.4 is 0 Å². The molecule has 6 nitrogen and oxygen atoms in total. The number of aliphatic hydroxyl groups is 2. The van der Waals surface area contributed by atoms with Crippen molar-refractivity contribution >= 4 is 0 Å². The van der Waals surface area contributed by atoms with Crippen LogP contribution in [0.4, 0.5) is 0 Å². The van der Waals surface area contributed by atoms with Crippen LogP contribution >= 0.6 is 0 Å². The van der Waals surface area contributed by atoms with Crippen LogP contribution in [0.25, 0.3) is 0 Å². The molecule has 0 radical (unpaired) electrons. The Morgan fingerprint density at radius 3 is 2.69 bits per heavy atom. The first-order chi connectivity index (χ1) is 7.44. The molecule has 0 unspecified atom stereocenters. The third-order valence-electron chi connectivity index (χ3n) is 2.73. The molecule has 2 saturated heterocycles. The minimum atomic E-state index is -1.03. The molecule has 0 bridgehead atoms. The standard InChI is InChI=1S/C10H15NO5/c1-10(2)15-8-6(13)7(5(12)3-4-11)14-9(8)16-10/h5-9,12-13H,3H2,1-2H3/t5-,6+,7-,8+,9+/m1/s1. The predicted molar refractivity (Wildman–Crippen MR) is 50.9 cm³/mol. The molecule has 0 amide bonds. The number of nitriles is 1. The predicted octanol–water partition coefficient (Wildman–Crippen LogP) is -0.502. The summed E-state index contributed by atoms with van der Waals surface area (Å²) in [5.74, 6) is -0.790. The average Bonchev–Trinajstić information content (AvgIpc) is 2.62. The maximum Gasteiger partial charge on any atom is 0.190 e. The summed E-state index contributed by atoms with van der Waals surface area (Å²) in [6.45, 7) is 3.45. The van der Waals surface area contributed by atoms with Gasteiger partial charge in [0, 0.05) is 0 Å². The highest BCUT2D eigenvalue weighted by Gasteiger charge is 2.55. The van der Waals surface area contributed by atoms with Crippen molar-refractivity contribution in [3.8, 4) is 6.07 Å². The first-order valence-electron chi connectivity index (χ1n) is 5.19. The van der Waals surface area contributed by atoms with E-state index in [1.54, 1.807) is 13.8 Å². The molecule has 90 valence electrons. The fraction of sp³-hybridized carbons (Fsp3) is 0.900. The average molecular weight is 229 g/mol. The summed E-state index contributed by atoms with van der Waals surface area (Å²) in [5, 5.41) is 27.9. The van der Waals surface area contributed by atoms with Gasteiger partial charge in [-0.1, -0.05) is 0 Å². The van der Waals surface area contributed by atoms with Gasteiger partial charge in [-0.05, 0) is 13.8 Å². The molecule has 2 heterocycles. The third kappa shape index (κ3) is 1.93. The van der Waals surface area contributed by atoms with Gasteiger partial charge in [0.25, 0.3) is 0 Å². The maximum atomic E-state index is 9.89. The number of hydrogen-bond acceptors (Lipinski definition) is 6. The molecule has 5 atom stereocenters. The van der Waals surface area contributed by atoms with Gasteiger partial charge in [-0.15, -0.1) is 0 Å². The van der Waals surface area contributed by atoms with Crippen molar-refractivity contribution in [3.63, 3.8) is 0 Å². The molecule has 0 aromatic carbocycles. The molecule has 2 aliphatic rings. The van der Waals surface area contributed by atoms with Crippen LogP contribution in [0.5, 0.6) is 0 Å². The van der Waals surface area contributed by atoms with Crippen LogP contribution in [0.2, 0.25) is 0 Å². The molecule has 0 aliphatic carbocycles. The monoisotopic (exact) mass is 229 g/mol. The molecular weight excluding hydrogens is 214 g/mol. The molecule has 0 spiro atoms. The Bertz CT molecular complexity index is 313. The Hall–Kier alpha value is -0.710. The quantitative estimate of drug-likeness (QED) is 0.663. The van der Waals surface area contributed by atoms with Crippen LogP contribution in [-0.2, 0) is 14.2 Å². The number of fused-ring (bicyclic) bond motifs is 1. The third-order valence-corrected chi connectivity index (χ3v) is 2.73. The fourth-order valence-electron chi connectivity index (χ4n) is 2.04. The van der Waals surface area contributed by atoms with E-state index in [4.69, 9.17) is 19.5 Å². The van der Waals surface area contributed by atoms with Gasteiger partial charge in [0.1, 0.15) is 18.3 Å². The highest BCUT2D eigenvalue weighted by molar-refractivity contribution is 4.97. The fourth-order valence-corrected chi connectivity index (χ4v) is 2.04. The lowest BCUT2D eigenvalue weighted by atomic mass is 10.0. The van der Waals surface area contributed by atoms with Crippen LogP contribution in [0.1, 0.15) is 20.3 Å². The number of rotatable bonds is 2. The smallest absolute Gasteiger partial charge is 0.190 e. The zero-order valence-corrected chi connectivity index (χ0v) is 9.16. The zero-order valence-electron chi connectivity index (χ0n) is 9.16. The van der Waals surface area contributed by atoms with Crippen molar-refractivity contribution in [2.24, 2.45) is 0 Å². The molecule has 2 N–H and O–H groups in total. The minimum absolute atomic E-state index is 0.0927. The summed E-state index contributed by atoms with van der Waals surface area (Å²) in [7, 11) is 0. The Kier molecular flexibility index (Phi) is 2.90. The molecule has 2 fully saturated rings. The van der Waals surface area contributed by atoms with Gasteiger partial charge in [0.15, 0.2) is 12.1 Å². The number of hydrogen-bond donors (Lipinski definition) is 2. The number of aliphatic hydroxyl groups excluding tert-OH is 2. The van der Waals surface area contributed by atoms with E-state index >= 15 is 0 Å². The van der Waals surface area contributed by atoms with E-state index in [0.717, 1.165) is 0 Å². The second kappa shape index (κ2) is 3.95. The van der Waals surface area contributed by atoms with Crippen molar-refractivity contribution in [3.05, 3.63) is 0 Å². The van der Waals surface area contributed by atoms with Gasteiger partial charge in [-0.25, -0.2) is 0 Å². The van der Waals surface area contributed by atoms with E-state index < -0.39 is 36.5 Å². The highest BCUT2D eigenvalue weighted by Crippen LogP contribution is 2.38. The lowest BCUT2D eigenvalue weighted by molar-refractivity contribution is -0.225. The van der Waals surface area contributed by atoms with Crippen molar-refractivity contribution < 1.29 is 24.4 Å². The summed E-state index contributed by atoms with van der Waals surface area (Å²) < 4.78 is 16.2. The van der Waals surface area contributed by atoms with Gasteiger partial charge in [0.05, 0.1) is 18.6 Å². The minimum Gasteiger partial charge on any atom is -0.389 e. The first-order valence-corrected chi connectivity index (χ1v) is 5.19. The molecule has 0 aromatic heterocycles. The molecule has 0 saturated carbocycles. The van der Waals surface area contributed by atoms with E-state index in [9.17, 15) is 10.2 Å². The van der Waals surface area contributed by atoms with Gasteiger partial charge in [-0.2, -0.15) is 5.26 Å². The van der Waals surface area contributed by atoms with Gasteiger partial charge < -0.3 is 24.4 Å². The van der Waals surface area contributed by atoms with Crippen molar-refractivity contribution in [2.45, 2.75) is 56.8 Å². The lowest BCUT2D eigenvalue weighted by Crippen LogP contribution is -2.40. The van der Waals surface area contributed by atoms with Gasteiger partial charge in [0.2, 0.25) is 0 Å². The summed E-state index contributed by atoms with van der Waals surface area (Å²) >= 11 is 0. The molecule has 0 aromatic rings. The molecular formula is C10H15NO5. The summed E-state index contributed by atoms with van der Waals surface area (Å²) in [6.07, 6.45) is -4.21. The topological polar surface area (TPSA) is 91.9 Å². The van der Waals surface area contributed by atoms with E-state index in [1.807, 2.05) is 6.07 Å². The van der Waals surface area contributed by atoms with Gasteiger partial charge in [-0.3, -0.25) is 0 Å². The summed E-state index contributed by atoms with van der Waals surface area (Å²) in [6, 6.07) is 1.82. The van der Waals surface area contributed by atoms with Crippen molar-refractivity contribution in [2.75, 3.05) is 0 Å². The number of nitrogens with zero attached hydrogens (tertiary/aromatic N) is 1. The second-order valence-corrected chi connectivity index (χ2v) is 4.49. The Balaban J connectivity index is 2.03. The maximum absolute atomic E-state index is 9.89. The molecule has 2 rings (SSSR count). The van der Waals surface area contributed by atoms with Gasteiger partial charge >= 0.3 is 0 Å².